The first-order valence-electron chi connectivity index (χ1n) is 6.21. The van der Waals surface area contributed by atoms with Crippen LogP contribution in [0.15, 0.2) is 18.3 Å². The number of nitrogens with zero attached hydrogens (tertiary/aromatic N) is 1. The molecule has 3 rings (SSSR count). The van der Waals surface area contributed by atoms with E-state index in [2.05, 4.69) is 34.3 Å². The normalized spacial score (nSPS) is 19.9. The van der Waals surface area contributed by atoms with Gasteiger partial charge in [-0.25, -0.2) is 4.98 Å². The highest BCUT2D eigenvalue weighted by Crippen LogP contribution is 2.29. The van der Waals surface area contributed by atoms with E-state index < -0.39 is 0 Å². The minimum atomic E-state index is 0.564. The van der Waals surface area contributed by atoms with Crippen LogP contribution in [0.3, 0.4) is 0 Å². The summed E-state index contributed by atoms with van der Waals surface area (Å²) < 4.78 is 0. The molecule has 2 N–H and O–H groups in total. The molecule has 1 aliphatic heterocycles. The fraction of sp³-hybridized carbons (Fsp3) is 0.462. The van der Waals surface area contributed by atoms with Gasteiger partial charge in [0.25, 0.3) is 0 Å². The quantitative estimate of drug-likeness (QED) is 0.875. The van der Waals surface area contributed by atoms with Gasteiger partial charge < -0.3 is 10.3 Å². The van der Waals surface area contributed by atoms with Gasteiger partial charge in [0.15, 0.2) is 0 Å². The fourth-order valence-corrected chi connectivity index (χ4v) is 3.18. The minimum Gasteiger partial charge on any atom is -0.341 e. The van der Waals surface area contributed by atoms with Gasteiger partial charge >= 0.3 is 0 Å². The molecule has 3 nitrogen and oxygen atoms in total. The van der Waals surface area contributed by atoms with Crippen molar-refractivity contribution in [2.75, 3.05) is 13.1 Å². The van der Waals surface area contributed by atoms with E-state index in [1.165, 1.54) is 16.2 Å². The number of aromatic nitrogens is 2. The molecule has 3 heterocycles. The van der Waals surface area contributed by atoms with Crippen LogP contribution < -0.4 is 5.32 Å². The molecular formula is C13H17N3S. The van der Waals surface area contributed by atoms with E-state index in [4.69, 9.17) is 0 Å². The third-order valence-electron chi connectivity index (χ3n) is 3.32. The molecule has 4 heteroatoms. The van der Waals surface area contributed by atoms with Gasteiger partial charge in [0, 0.05) is 17.3 Å². The second-order valence-corrected chi connectivity index (χ2v) is 5.66. The molecule has 1 unspecified atom stereocenters. The Balaban J connectivity index is 1.83. The molecule has 0 radical (unpaired) electrons. The molecule has 1 fully saturated rings. The SMILES string of the molecule is CCc1ccc(-c2cnc(C3CCNC3)[nH]2)s1. The molecule has 2 aromatic heterocycles. The Hall–Kier alpha value is -1.13. The molecule has 90 valence electrons. The van der Waals surface area contributed by atoms with Gasteiger partial charge in [-0.3, -0.25) is 0 Å². The average Bonchev–Trinajstić information content (AvgIpc) is 3.09. The van der Waals surface area contributed by atoms with Crippen molar-refractivity contribution >= 4 is 11.3 Å². The van der Waals surface area contributed by atoms with Gasteiger partial charge in [-0.2, -0.15) is 0 Å². The van der Waals surface area contributed by atoms with E-state index >= 15 is 0 Å². The van der Waals surface area contributed by atoms with Crippen molar-refractivity contribution in [1.29, 1.82) is 0 Å². The lowest BCUT2D eigenvalue weighted by Gasteiger charge is -2.02. The molecule has 1 saturated heterocycles. The maximum Gasteiger partial charge on any atom is 0.110 e. The summed E-state index contributed by atoms with van der Waals surface area (Å²) in [7, 11) is 0. The molecule has 17 heavy (non-hydrogen) atoms. The van der Waals surface area contributed by atoms with Crippen LogP contribution >= 0.6 is 11.3 Å². The number of thiophene rings is 1. The van der Waals surface area contributed by atoms with Gasteiger partial charge in [-0.05, 0) is 31.5 Å². The Bertz CT molecular complexity index is 494. The summed E-state index contributed by atoms with van der Waals surface area (Å²) in [4.78, 5) is 10.7. The van der Waals surface area contributed by atoms with E-state index in [1.54, 1.807) is 0 Å². The monoisotopic (exact) mass is 247 g/mol. The van der Waals surface area contributed by atoms with Crippen molar-refractivity contribution in [3.05, 3.63) is 29.0 Å². The van der Waals surface area contributed by atoms with Gasteiger partial charge in [-0.1, -0.05) is 6.92 Å². The number of hydrogen-bond donors (Lipinski definition) is 2. The van der Waals surface area contributed by atoms with Crippen molar-refractivity contribution < 1.29 is 0 Å². The fourth-order valence-electron chi connectivity index (χ4n) is 2.27. The van der Waals surface area contributed by atoms with E-state index in [1.807, 2.05) is 17.5 Å². The largest absolute Gasteiger partial charge is 0.341 e. The smallest absolute Gasteiger partial charge is 0.110 e. The van der Waals surface area contributed by atoms with E-state index in [0.29, 0.717) is 5.92 Å². The molecule has 0 bridgehead atoms. The highest BCUT2D eigenvalue weighted by atomic mass is 32.1. The van der Waals surface area contributed by atoms with Crippen LogP contribution in [-0.4, -0.2) is 23.1 Å². The summed E-state index contributed by atoms with van der Waals surface area (Å²) in [5, 5.41) is 3.38. The first kappa shape index (κ1) is 11.0. The number of imidazole rings is 1. The van der Waals surface area contributed by atoms with Crippen LogP contribution in [0.1, 0.15) is 30.0 Å². The Labute approximate surface area is 105 Å². The van der Waals surface area contributed by atoms with Crippen LogP contribution in [0.25, 0.3) is 10.6 Å². The first-order valence-corrected chi connectivity index (χ1v) is 7.03. The molecule has 0 saturated carbocycles. The average molecular weight is 247 g/mol. The zero-order chi connectivity index (χ0) is 11.7. The van der Waals surface area contributed by atoms with Crippen molar-refractivity contribution in [2.45, 2.75) is 25.7 Å². The first-order chi connectivity index (χ1) is 8.36. The predicted octanol–water partition coefficient (Wildman–Crippen LogP) is 2.78. The highest BCUT2D eigenvalue weighted by molar-refractivity contribution is 7.15. The van der Waals surface area contributed by atoms with E-state index in [0.717, 1.165) is 31.0 Å². The van der Waals surface area contributed by atoms with Gasteiger partial charge in [0.2, 0.25) is 0 Å². The molecule has 2 aromatic rings. The van der Waals surface area contributed by atoms with Crippen molar-refractivity contribution in [1.82, 2.24) is 15.3 Å². The highest BCUT2D eigenvalue weighted by Gasteiger charge is 2.19. The molecular weight excluding hydrogens is 230 g/mol. The standard InChI is InChI=1S/C13H17N3S/c1-2-10-3-4-12(17-10)11-8-15-13(16-11)9-5-6-14-7-9/h3-4,8-9,14H,2,5-7H2,1H3,(H,15,16). The van der Waals surface area contributed by atoms with Gasteiger partial charge in [0.1, 0.15) is 5.82 Å². The number of nitrogens with one attached hydrogen (secondary N) is 2. The molecule has 1 atom stereocenters. The van der Waals surface area contributed by atoms with Crippen LogP contribution in [0.4, 0.5) is 0 Å². The van der Waals surface area contributed by atoms with Gasteiger partial charge in [-0.15, -0.1) is 11.3 Å². The Morgan fingerprint density at radius 1 is 1.47 bits per heavy atom. The summed E-state index contributed by atoms with van der Waals surface area (Å²) >= 11 is 1.85. The van der Waals surface area contributed by atoms with Crippen LogP contribution in [0.5, 0.6) is 0 Å². The van der Waals surface area contributed by atoms with Crippen LogP contribution in [0.2, 0.25) is 0 Å². The Morgan fingerprint density at radius 3 is 3.12 bits per heavy atom. The number of rotatable bonds is 3. The molecule has 0 aromatic carbocycles. The van der Waals surface area contributed by atoms with Gasteiger partial charge in [0.05, 0.1) is 16.8 Å². The summed E-state index contributed by atoms with van der Waals surface area (Å²) in [6, 6.07) is 4.39. The Kier molecular flexibility index (Phi) is 2.99. The lowest BCUT2D eigenvalue weighted by molar-refractivity contribution is 0.715. The zero-order valence-corrected chi connectivity index (χ0v) is 10.8. The van der Waals surface area contributed by atoms with Crippen LogP contribution in [-0.2, 0) is 6.42 Å². The third kappa shape index (κ3) is 2.15. The number of H-pyrrole nitrogens is 1. The lowest BCUT2D eigenvalue weighted by Crippen LogP contribution is -2.08. The van der Waals surface area contributed by atoms with E-state index in [-0.39, 0.29) is 0 Å². The molecule has 0 aliphatic carbocycles. The lowest BCUT2D eigenvalue weighted by atomic mass is 10.1. The predicted molar refractivity (Wildman–Crippen MR) is 71.5 cm³/mol. The maximum absolute atomic E-state index is 4.52. The van der Waals surface area contributed by atoms with Crippen molar-refractivity contribution in [3.63, 3.8) is 0 Å². The second-order valence-electron chi connectivity index (χ2n) is 4.49. The summed E-state index contributed by atoms with van der Waals surface area (Å²) in [5.41, 5.74) is 1.16. The van der Waals surface area contributed by atoms with Crippen molar-refractivity contribution in [3.8, 4) is 10.6 Å². The van der Waals surface area contributed by atoms with Crippen LogP contribution in [0, 0.1) is 0 Å². The Morgan fingerprint density at radius 2 is 2.41 bits per heavy atom. The van der Waals surface area contributed by atoms with Crippen molar-refractivity contribution in [2.24, 2.45) is 0 Å². The maximum atomic E-state index is 4.52. The summed E-state index contributed by atoms with van der Waals surface area (Å²) in [6.45, 7) is 4.36. The minimum absolute atomic E-state index is 0.564. The third-order valence-corrected chi connectivity index (χ3v) is 4.58. The number of aryl methyl sites for hydroxylation is 1. The summed E-state index contributed by atoms with van der Waals surface area (Å²) in [6.07, 6.45) is 4.27. The zero-order valence-electron chi connectivity index (χ0n) is 9.99. The molecule has 0 amide bonds. The molecule has 0 spiro atoms. The summed E-state index contributed by atoms with van der Waals surface area (Å²) in [5.74, 6) is 1.70. The second kappa shape index (κ2) is 4.63. The number of aromatic amines is 1. The van der Waals surface area contributed by atoms with E-state index in [9.17, 15) is 0 Å². The molecule has 1 aliphatic rings. The number of hydrogen-bond acceptors (Lipinski definition) is 3. The topological polar surface area (TPSA) is 40.7 Å².